The van der Waals surface area contributed by atoms with Gasteiger partial charge in [0.2, 0.25) is 0 Å². The van der Waals surface area contributed by atoms with Crippen LogP contribution < -0.4 is 5.56 Å². The van der Waals surface area contributed by atoms with E-state index in [0.29, 0.717) is 23.9 Å². The van der Waals surface area contributed by atoms with Crippen LogP contribution in [-0.2, 0) is 6.54 Å². The van der Waals surface area contributed by atoms with Crippen molar-refractivity contribution >= 4 is 10.9 Å². The number of likely N-dealkylation sites (tertiary alicyclic amines) is 1. The van der Waals surface area contributed by atoms with E-state index in [4.69, 9.17) is 0 Å². The first-order valence-electron chi connectivity index (χ1n) is 11.7. The molecule has 0 amide bonds. The lowest BCUT2D eigenvalue weighted by atomic mass is 9.95. The van der Waals surface area contributed by atoms with Gasteiger partial charge >= 0.3 is 0 Å². The molecule has 5 rings (SSSR count). The Morgan fingerprint density at radius 1 is 1.15 bits per heavy atom. The maximum absolute atomic E-state index is 13.4. The Morgan fingerprint density at radius 2 is 1.97 bits per heavy atom. The van der Waals surface area contributed by atoms with Gasteiger partial charge in [0.25, 0.3) is 5.56 Å². The van der Waals surface area contributed by atoms with Crippen LogP contribution in [0.15, 0.2) is 53.3 Å². The second kappa shape index (κ2) is 8.90. The summed E-state index contributed by atoms with van der Waals surface area (Å²) in [6.45, 7) is 8.80. The molecule has 7 nitrogen and oxygen atoms in total. The number of fused-ring (bicyclic) bond motifs is 1. The highest BCUT2D eigenvalue weighted by atomic mass is 16.1. The van der Waals surface area contributed by atoms with Gasteiger partial charge in [-0.1, -0.05) is 43.3 Å². The zero-order chi connectivity index (χ0) is 22.9. The largest absolute Gasteiger partial charge is 0.322 e. The number of hydrogen-bond donors (Lipinski definition) is 1. The van der Waals surface area contributed by atoms with E-state index in [1.807, 2.05) is 35.9 Å². The number of aryl methyl sites for hydroxylation is 2. The van der Waals surface area contributed by atoms with Gasteiger partial charge in [0.05, 0.1) is 6.54 Å². The average molecular weight is 443 g/mol. The summed E-state index contributed by atoms with van der Waals surface area (Å²) in [5.41, 5.74) is 4.90. The molecule has 4 aromatic rings. The number of tetrazole rings is 1. The minimum absolute atomic E-state index is 0.0787. The van der Waals surface area contributed by atoms with E-state index in [-0.39, 0.29) is 11.6 Å². The summed E-state index contributed by atoms with van der Waals surface area (Å²) < 4.78 is 1.84. The molecule has 33 heavy (non-hydrogen) atoms. The molecular weight excluding hydrogens is 412 g/mol. The van der Waals surface area contributed by atoms with Crippen molar-refractivity contribution in [2.45, 2.75) is 46.2 Å². The molecule has 1 fully saturated rings. The second-order valence-electron chi connectivity index (χ2n) is 9.42. The van der Waals surface area contributed by atoms with Gasteiger partial charge < -0.3 is 4.98 Å². The summed E-state index contributed by atoms with van der Waals surface area (Å²) in [6, 6.07) is 16.1. The highest BCUT2D eigenvalue weighted by Gasteiger charge is 2.33. The van der Waals surface area contributed by atoms with Gasteiger partial charge in [-0.2, -0.15) is 0 Å². The minimum atomic E-state index is -0.305. The van der Waals surface area contributed by atoms with E-state index < -0.39 is 0 Å². The third-order valence-corrected chi connectivity index (χ3v) is 6.67. The van der Waals surface area contributed by atoms with Gasteiger partial charge in [0.15, 0.2) is 5.82 Å². The van der Waals surface area contributed by atoms with Crippen LogP contribution in [0.5, 0.6) is 0 Å². The lowest BCUT2D eigenvalue weighted by Gasteiger charge is -2.36. The fourth-order valence-corrected chi connectivity index (χ4v) is 5.13. The van der Waals surface area contributed by atoms with E-state index in [1.165, 1.54) is 6.42 Å². The van der Waals surface area contributed by atoms with Gasteiger partial charge in [-0.05, 0) is 78.4 Å². The molecule has 2 aromatic carbocycles. The molecule has 170 valence electrons. The highest BCUT2D eigenvalue weighted by molar-refractivity contribution is 5.83. The third-order valence-electron chi connectivity index (χ3n) is 6.67. The molecule has 0 spiro atoms. The third kappa shape index (κ3) is 4.33. The smallest absolute Gasteiger partial charge is 0.253 e. The van der Waals surface area contributed by atoms with Gasteiger partial charge in [-0.15, -0.1) is 5.10 Å². The Morgan fingerprint density at radius 3 is 2.76 bits per heavy atom. The fourth-order valence-electron chi connectivity index (χ4n) is 5.13. The van der Waals surface area contributed by atoms with Gasteiger partial charge in [0, 0.05) is 23.0 Å². The summed E-state index contributed by atoms with van der Waals surface area (Å²) in [4.78, 5) is 18.9. The van der Waals surface area contributed by atoms with Gasteiger partial charge in [-0.25, -0.2) is 4.68 Å². The predicted octanol–water partition coefficient (Wildman–Crippen LogP) is 4.00. The first-order chi connectivity index (χ1) is 16.0. The number of hydrogen-bond acceptors (Lipinski definition) is 5. The van der Waals surface area contributed by atoms with Crippen LogP contribution in [0.3, 0.4) is 0 Å². The lowest BCUT2D eigenvalue weighted by molar-refractivity contribution is 0.141. The molecule has 0 aliphatic carbocycles. The molecule has 0 saturated carbocycles. The van der Waals surface area contributed by atoms with Crippen molar-refractivity contribution in [3.63, 3.8) is 0 Å². The zero-order valence-electron chi connectivity index (χ0n) is 19.5. The quantitative estimate of drug-likeness (QED) is 0.505. The van der Waals surface area contributed by atoms with Crippen LogP contribution in [0.4, 0.5) is 0 Å². The summed E-state index contributed by atoms with van der Waals surface area (Å²) >= 11 is 0. The Bertz CT molecular complexity index is 1330. The number of nitrogens with one attached hydrogen (secondary N) is 1. The molecule has 2 aromatic heterocycles. The van der Waals surface area contributed by atoms with Crippen LogP contribution in [-0.4, -0.2) is 43.2 Å². The molecule has 1 N–H and O–H groups in total. The fraction of sp³-hybridized carbons (Fsp3) is 0.385. The van der Waals surface area contributed by atoms with Gasteiger partial charge in [-0.3, -0.25) is 9.69 Å². The zero-order valence-corrected chi connectivity index (χ0v) is 19.5. The first-order valence-corrected chi connectivity index (χ1v) is 11.7. The van der Waals surface area contributed by atoms with Crippen molar-refractivity contribution in [3.05, 3.63) is 87.0 Å². The van der Waals surface area contributed by atoms with Crippen LogP contribution in [0, 0.1) is 19.8 Å². The SMILES string of the molecule is Cc1cc(C)c2cc([C@@H](c3nnnn3Cc3ccccc3)N3CCC[C@@H](C)C3)c(=O)[nH]c2c1. The molecule has 2 atom stereocenters. The normalized spacial score (nSPS) is 18.0. The van der Waals surface area contributed by atoms with Gasteiger partial charge in [0.1, 0.15) is 6.04 Å². The van der Waals surface area contributed by atoms with E-state index in [0.717, 1.165) is 47.1 Å². The predicted molar refractivity (Wildman–Crippen MR) is 129 cm³/mol. The maximum Gasteiger partial charge on any atom is 0.253 e. The molecule has 0 unspecified atom stereocenters. The van der Waals surface area contributed by atoms with Crippen molar-refractivity contribution in [1.29, 1.82) is 0 Å². The molecular formula is C26H30N6O. The first kappa shape index (κ1) is 21.5. The standard InChI is InChI=1S/C26H30N6O/c1-17-8-7-11-31(15-17)24(25-28-29-30-32(25)16-20-9-5-4-6-10-20)22-14-21-19(3)12-18(2)13-23(21)27-26(22)33/h4-6,9-10,12-14,17,24H,7-8,11,15-16H2,1-3H3,(H,27,33)/t17-,24+/m1/s1. The monoisotopic (exact) mass is 442 g/mol. The number of benzene rings is 2. The second-order valence-corrected chi connectivity index (χ2v) is 9.42. The Kier molecular flexibility index (Phi) is 5.81. The number of piperidine rings is 1. The van der Waals surface area contributed by atoms with Crippen LogP contribution in [0.1, 0.15) is 53.9 Å². The van der Waals surface area contributed by atoms with E-state index in [9.17, 15) is 4.79 Å². The number of H-pyrrole nitrogens is 1. The number of rotatable bonds is 5. The molecule has 1 saturated heterocycles. The lowest BCUT2D eigenvalue weighted by Crippen LogP contribution is -2.41. The maximum atomic E-state index is 13.4. The van der Waals surface area contributed by atoms with Crippen LogP contribution in [0.25, 0.3) is 10.9 Å². The number of aromatic amines is 1. The van der Waals surface area contributed by atoms with E-state index in [1.54, 1.807) is 0 Å². The van der Waals surface area contributed by atoms with Crippen LogP contribution in [0.2, 0.25) is 0 Å². The number of nitrogens with zero attached hydrogens (tertiary/aromatic N) is 5. The molecule has 1 aliphatic heterocycles. The Hall–Kier alpha value is -3.32. The summed E-state index contributed by atoms with van der Waals surface area (Å²) in [7, 11) is 0. The van der Waals surface area contributed by atoms with Crippen molar-refractivity contribution in [1.82, 2.24) is 30.1 Å². The van der Waals surface area contributed by atoms with Crippen molar-refractivity contribution in [3.8, 4) is 0 Å². The molecule has 0 bridgehead atoms. The topological polar surface area (TPSA) is 79.7 Å². The van der Waals surface area contributed by atoms with Crippen molar-refractivity contribution in [2.24, 2.45) is 5.92 Å². The molecule has 3 heterocycles. The average Bonchev–Trinajstić information content (AvgIpc) is 3.23. The summed E-state index contributed by atoms with van der Waals surface area (Å²) in [5.74, 6) is 1.27. The minimum Gasteiger partial charge on any atom is -0.322 e. The molecule has 0 radical (unpaired) electrons. The highest BCUT2D eigenvalue weighted by Crippen LogP contribution is 2.31. The van der Waals surface area contributed by atoms with E-state index in [2.05, 4.69) is 63.5 Å². The number of pyridine rings is 1. The van der Waals surface area contributed by atoms with Crippen molar-refractivity contribution in [2.75, 3.05) is 13.1 Å². The summed E-state index contributed by atoms with van der Waals surface area (Å²) in [6.07, 6.45) is 2.30. The van der Waals surface area contributed by atoms with E-state index >= 15 is 0 Å². The van der Waals surface area contributed by atoms with Crippen molar-refractivity contribution < 1.29 is 0 Å². The summed E-state index contributed by atoms with van der Waals surface area (Å²) in [5, 5.41) is 13.9. The Balaban J connectivity index is 1.65. The molecule has 1 aliphatic rings. The van der Waals surface area contributed by atoms with Crippen LogP contribution >= 0.6 is 0 Å². The number of aromatic nitrogens is 5. The Labute approximate surface area is 193 Å². The molecule has 7 heteroatoms.